The maximum absolute atomic E-state index is 16.4. The Balaban J connectivity index is 1.37. The number of benzene rings is 5. The zero-order chi connectivity index (χ0) is 34.8. The Morgan fingerprint density at radius 2 is 1.33 bits per heavy atom. The molecule has 10 heteroatoms. The molecule has 6 rings (SSSR count). The number of fused-ring (bicyclic) bond motifs is 1. The normalized spacial score (nSPS) is 14.2. The fourth-order valence-electron chi connectivity index (χ4n) is 6.00. The zero-order valence-corrected chi connectivity index (χ0v) is 26.7. The van der Waals surface area contributed by atoms with Gasteiger partial charge in [-0.2, -0.15) is 0 Å². The number of hydrogen-bond donors (Lipinski definition) is 1. The van der Waals surface area contributed by atoms with Gasteiger partial charge in [-0.15, -0.1) is 0 Å². The van der Waals surface area contributed by atoms with Crippen LogP contribution in [0.25, 0.3) is 0 Å². The molecule has 0 fully saturated rings. The molecule has 5 aromatic rings. The first kappa shape index (κ1) is 33.4. The molecule has 1 N–H and O–H groups in total. The summed E-state index contributed by atoms with van der Waals surface area (Å²) in [5, 5.41) is 2.42. The highest BCUT2D eigenvalue weighted by Crippen LogP contribution is 2.38. The summed E-state index contributed by atoms with van der Waals surface area (Å²) in [7, 11) is 1.57. The van der Waals surface area contributed by atoms with Gasteiger partial charge in [0.2, 0.25) is 0 Å². The first-order valence-corrected chi connectivity index (χ1v) is 15.6. The van der Waals surface area contributed by atoms with Gasteiger partial charge in [0.25, 0.3) is 5.91 Å². The van der Waals surface area contributed by atoms with Gasteiger partial charge in [-0.1, -0.05) is 66.7 Å². The fraction of sp³-hybridized carbons (Fsp3) is 0.179. The van der Waals surface area contributed by atoms with Crippen molar-refractivity contribution in [3.8, 4) is 0 Å². The topological polar surface area (TPSA) is 52.7 Å². The van der Waals surface area contributed by atoms with Gasteiger partial charge in [-0.3, -0.25) is 9.69 Å². The number of hydrogen-bond acceptors (Lipinski definition) is 2. The van der Waals surface area contributed by atoms with Crippen LogP contribution < -0.4 is 10.2 Å². The largest absolute Gasteiger partial charge is 0.348 e. The van der Waals surface area contributed by atoms with Crippen LogP contribution in [0.2, 0.25) is 0 Å². The Kier molecular flexibility index (Phi) is 9.49. The molecular weight excluding hydrogens is 637 g/mol. The van der Waals surface area contributed by atoms with Crippen LogP contribution in [0.5, 0.6) is 0 Å². The SMILES string of the molecule is C[C@H]1c2ccc(C(=O)NCc3c(F)cc(F)cc3F)cc2N(Cc2c(F)c(Cc3ccccc3)[c]c(Cc3ccccc3)c2F)C(=O)N1C. The van der Waals surface area contributed by atoms with Gasteiger partial charge in [0.1, 0.15) is 29.1 Å². The second kappa shape index (κ2) is 13.9. The van der Waals surface area contributed by atoms with E-state index in [-0.39, 0.29) is 40.8 Å². The quantitative estimate of drug-likeness (QED) is 0.160. The number of halogens is 5. The van der Waals surface area contributed by atoms with Crippen LogP contribution in [-0.4, -0.2) is 23.9 Å². The number of urea groups is 1. The number of nitrogens with zero attached hydrogens (tertiary/aromatic N) is 2. The molecule has 1 radical (unpaired) electrons. The summed E-state index contributed by atoms with van der Waals surface area (Å²) in [6, 6.07) is 25.8. The average molecular weight is 669 g/mol. The van der Waals surface area contributed by atoms with E-state index in [1.807, 2.05) is 60.7 Å². The molecule has 5 aromatic carbocycles. The van der Waals surface area contributed by atoms with E-state index in [9.17, 15) is 22.8 Å². The van der Waals surface area contributed by atoms with Crippen LogP contribution >= 0.6 is 0 Å². The van der Waals surface area contributed by atoms with Crippen molar-refractivity contribution in [1.82, 2.24) is 10.2 Å². The molecule has 0 bridgehead atoms. The fourth-order valence-corrected chi connectivity index (χ4v) is 6.00. The van der Waals surface area contributed by atoms with Crippen LogP contribution in [-0.2, 0) is 25.9 Å². The molecule has 0 unspecified atom stereocenters. The Bertz CT molecular complexity index is 1950. The zero-order valence-electron chi connectivity index (χ0n) is 26.7. The third-order valence-corrected chi connectivity index (χ3v) is 8.80. The van der Waals surface area contributed by atoms with E-state index in [0.717, 1.165) is 11.1 Å². The minimum Gasteiger partial charge on any atom is -0.348 e. The Labute approximate surface area is 280 Å². The van der Waals surface area contributed by atoms with E-state index in [0.29, 0.717) is 17.7 Å². The lowest BCUT2D eigenvalue weighted by Gasteiger charge is -2.40. The third-order valence-electron chi connectivity index (χ3n) is 8.80. The maximum Gasteiger partial charge on any atom is 0.325 e. The molecule has 5 nitrogen and oxygen atoms in total. The summed E-state index contributed by atoms with van der Waals surface area (Å²) in [6.07, 6.45) is 0.283. The van der Waals surface area contributed by atoms with E-state index >= 15 is 8.78 Å². The smallest absolute Gasteiger partial charge is 0.325 e. The molecule has 0 saturated carbocycles. The van der Waals surface area contributed by atoms with Crippen molar-refractivity contribution in [1.29, 1.82) is 0 Å². The summed E-state index contributed by atoms with van der Waals surface area (Å²) < 4.78 is 74.5. The van der Waals surface area contributed by atoms with Crippen molar-refractivity contribution in [3.05, 3.63) is 171 Å². The number of rotatable bonds is 9. The summed E-state index contributed by atoms with van der Waals surface area (Å²) in [5.74, 6) is -5.78. The summed E-state index contributed by atoms with van der Waals surface area (Å²) in [4.78, 5) is 29.6. The van der Waals surface area contributed by atoms with Crippen LogP contribution in [0.3, 0.4) is 0 Å². The van der Waals surface area contributed by atoms with Gasteiger partial charge >= 0.3 is 6.03 Å². The lowest BCUT2D eigenvalue weighted by molar-refractivity contribution is 0.0950. The van der Waals surface area contributed by atoms with Gasteiger partial charge in [-0.25, -0.2) is 26.7 Å². The maximum atomic E-state index is 16.4. The molecule has 1 aliphatic rings. The average Bonchev–Trinajstić information content (AvgIpc) is 3.09. The Morgan fingerprint density at radius 1 is 0.776 bits per heavy atom. The first-order valence-electron chi connectivity index (χ1n) is 15.6. The van der Waals surface area contributed by atoms with Gasteiger partial charge in [0.05, 0.1) is 18.3 Å². The van der Waals surface area contributed by atoms with Gasteiger partial charge in [0, 0.05) is 66.4 Å². The van der Waals surface area contributed by atoms with Gasteiger partial charge in [-0.05, 0) is 41.8 Å². The predicted octanol–water partition coefficient (Wildman–Crippen LogP) is 8.43. The number of carbonyl (C=O) groups excluding carboxylic acids is 2. The first-order chi connectivity index (χ1) is 23.5. The molecule has 49 heavy (non-hydrogen) atoms. The molecule has 0 saturated heterocycles. The van der Waals surface area contributed by atoms with Crippen LogP contribution in [0.4, 0.5) is 32.4 Å². The molecule has 0 spiro atoms. The second-order valence-corrected chi connectivity index (χ2v) is 12.0. The molecule has 1 heterocycles. The molecule has 0 aromatic heterocycles. The second-order valence-electron chi connectivity index (χ2n) is 12.0. The third kappa shape index (κ3) is 6.90. The van der Waals surface area contributed by atoms with E-state index in [4.69, 9.17) is 0 Å². The lowest BCUT2D eigenvalue weighted by Crippen LogP contribution is -2.47. The highest BCUT2D eigenvalue weighted by atomic mass is 19.2. The Morgan fingerprint density at radius 3 is 1.88 bits per heavy atom. The molecule has 1 aliphatic heterocycles. The van der Waals surface area contributed by atoms with E-state index in [1.165, 1.54) is 21.9 Å². The minimum absolute atomic E-state index is 0.0353. The van der Waals surface area contributed by atoms with Crippen molar-refractivity contribution in [2.24, 2.45) is 0 Å². The highest BCUT2D eigenvalue weighted by Gasteiger charge is 2.35. The van der Waals surface area contributed by atoms with Crippen LogP contribution in [0, 0.1) is 35.2 Å². The summed E-state index contributed by atoms with van der Waals surface area (Å²) in [6.45, 7) is 0.722. The predicted molar refractivity (Wildman–Crippen MR) is 175 cm³/mol. The molecule has 0 aliphatic carbocycles. The van der Waals surface area contributed by atoms with E-state index in [2.05, 4.69) is 11.4 Å². The van der Waals surface area contributed by atoms with Crippen molar-refractivity contribution in [2.45, 2.75) is 38.9 Å². The number of nitrogens with one attached hydrogen (secondary N) is 1. The van der Waals surface area contributed by atoms with Gasteiger partial charge < -0.3 is 10.2 Å². The standard InChI is InChI=1S/C39H31F5N3O2/c1-23-30-14-13-26(38(48)45-21-31-33(41)19-29(40)20-34(31)42)18-35(30)47(39(49)46(23)2)22-32-36(43)27(15-24-9-5-3-6-10-24)17-28(37(32)44)16-25-11-7-4-8-12-25/h3-14,18-20,23H,15-16,21-22H2,1-2H3,(H,45,48)/t23-/m0/s1. The van der Waals surface area contributed by atoms with Crippen molar-refractivity contribution < 1.29 is 31.5 Å². The number of amides is 3. The van der Waals surface area contributed by atoms with Gasteiger partial charge in [0.15, 0.2) is 0 Å². The summed E-state index contributed by atoms with van der Waals surface area (Å²) >= 11 is 0. The van der Waals surface area contributed by atoms with E-state index in [1.54, 1.807) is 20.0 Å². The van der Waals surface area contributed by atoms with Crippen LogP contribution in [0.1, 0.15) is 62.3 Å². The number of carbonyl (C=O) groups is 2. The summed E-state index contributed by atoms with van der Waals surface area (Å²) in [5.41, 5.74) is 1.94. The molecular formula is C39H31F5N3O2. The van der Waals surface area contributed by atoms with Crippen LogP contribution in [0.15, 0.2) is 91.0 Å². The molecule has 249 valence electrons. The lowest BCUT2D eigenvalue weighted by atomic mass is 9.94. The molecule has 3 amide bonds. The monoisotopic (exact) mass is 668 g/mol. The number of anilines is 1. The van der Waals surface area contributed by atoms with Crippen molar-refractivity contribution >= 4 is 17.6 Å². The van der Waals surface area contributed by atoms with Crippen molar-refractivity contribution in [3.63, 3.8) is 0 Å². The van der Waals surface area contributed by atoms with Crippen molar-refractivity contribution in [2.75, 3.05) is 11.9 Å². The minimum atomic E-state index is -1.15. The highest BCUT2D eigenvalue weighted by molar-refractivity contribution is 5.99. The molecule has 1 atom stereocenters. The van der Waals surface area contributed by atoms with E-state index < -0.39 is 65.7 Å². The Hall–Kier alpha value is -5.51.